The molecule has 150 valence electrons. The number of thiocarbonyl (C=S) groups is 1. The number of hydrogen-bond donors (Lipinski definition) is 0. The number of nitrogens with zero attached hydrogens (tertiary/aromatic N) is 1. The van der Waals surface area contributed by atoms with Crippen molar-refractivity contribution < 1.29 is 14.3 Å². The Morgan fingerprint density at radius 2 is 1.62 bits per heavy atom. The van der Waals surface area contributed by atoms with Crippen molar-refractivity contribution in [1.82, 2.24) is 4.90 Å². The molecule has 2 aromatic carbocycles. The molecule has 1 aliphatic rings. The summed E-state index contributed by atoms with van der Waals surface area (Å²) in [6.45, 7) is 5.20. The molecule has 29 heavy (non-hydrogen) atoms. The molecule has 2 aromatic rings. The third kappa shape index (κ3) is 6.10. The van der Waals surface area contributed by atoms with Crippen LogP contribution in [0.2, 0.25) is 5.02 Å². The third-order valence-electron chi connectivity index (χ3n) is 4.00. The van der Waals surface area contributed by atoms with Crippen LogP contribution in [0.5, 0.6) is 11.5 Å². The number of thioether (sulfide) groups is 1. The molecule has 0 unspecified atom stereocenters. The molecule has 7 heteroatoms. The number of benzene rings is 2. The Hall–Kier alpha value is -2.28. The Labute approximate surface area is 185 Å². The zero-order valence-corrected chi connectivity index (χ0v) is 18.1. The Kier molecular flexibility index (Phi) is 7.75. The molecule has 1 amide bonds. The zero-order valence-electron chi connectivity index (χ0n) is 15.7. The van der Waals surface area contributed by atoms with Crippen molar-refractivity contribution in [1.29, 1.82) is 0 Å². The van der Waals surface area contributed by atoms with Gasteiger partial charge in [0.15, 0.2) is 0 Å². The summed E-state index contributed by atoms with van der Waals surface area (Å²) < 4.78 is 11.9. The molecule has 1 heterocycles. The smallest absolute Gasteiger partial charge is 0.266 e. The molecule has 0 aliphatic carbocycles. The average molecular weight is 446 g/mol. The van der Waals surface area contributed by atoms with Gasteiger partial charge in [0.1, 0.15) is 15.8 Å². The van der Waals surface area contributed by atoms with Gasteiger partial charge in [0.05, 0.1) is 18.1 Å². The van der Waals surface area contributed by atoms with Crippen molar-refractivity contribution in [3.63, 3.8) is 0 Å². The highest BCUT2D eigenvalue weighted by Crippen LogP contribution is 2.32. The lowest BCUT2D eigenvalue weighted by molar-refractivity contribution is -0.121. The minimum absolute atomic E-state index is 0.0825. The van der Waals surface area contributed by atoms with Gasteiger partial charge in [-0.2, -0.15) is 0 Å². The number of carbonyl (C=O) groups is 1. The summed E-state index contributed by atoms with van der Waals surface area (Å²) in [7, 11) is 0. The first-order valence-electron chi connectivity index (χ1n) is 9.04. The summed E-state index contributed by atoms with van der Waals surface area (Å²) >= 11 is 12.4. The van der Waals surface area contributed by atoms with E-state index < -0.39 is 0 Å². The monoisotopic (exact) mass is 445 g/mol. The van der Waals surface area contributed by atoms with Gasteiger partial charge < -0.3 is 9.47 Å². The van der Waals surface area contributed by atoms with E-state index in [4.69, 9.17) is 33.3 Å². The fourth-order valence-corrected chi connectivity index (χ4v) is 3.97. The van der Waals surface area contributed by atoms with Crippen LogP contribution in [-0.2, 0) is 4.79 Å². The van der Waals surface area contributed by atoms with Crippen LogP contribution in [0.25, 0.3) is 6.08 Å². The van der Waals surface area contributed by atoms with Crippen molar-refractivity contribution in [2.24, 2.45) is 0 Å². The van der Waals surface area contributed by atoms with Gasteiger partial charge in [0.2, 0.25) is 0 Å². The van der Waals surface area contributed by atoms with Gasteiger partial charge in [-0.15, -0.1) is 6.58 Å². The predicted octanol–water partition coefficient (Wildman–Crippen LogP) is 5.58. The topological polar surface area (TPSA) is 38.8 Å². The Bertz CT molecular complexity index is 911. The van der Waals surface area contributed by atoms with E-state index in [0.29, 0.717) is 34.0 Å². The second-order valence-corrected chi connectivity index (χ2v) is 8.27. The van der Waals surface area contributed by atoms with E-state index >= 15 is 0 Å². The summed E-state index contributed by atoms with van der Waals surface area (Å²) in [5, 5.41) is 0.687. The van der Waals surface area contributed by atoms with E-state index in [1.807, 2.05) is 42.5 Å². The van der Waals surface area contributed by atoms with Gasteiger partial charge in [-0.3, -0.25) is 9.69 Å². The maximum absolute atomic E-state index is 12.4. The third-order valence-corrected chi connectivity index (χ3v) is 5.63. The molecule has 1 saturated heterocycles. The number of carbonyl (C=O) groups excluding carboxylic acids is 1. The minimum atomic E-state index is -0.0825. The van der Waals surface area contributed by atoms with Gasteiger partial charge in [0, 0.05) is 18.0 Å². The number of ether oxygens (including phenoxy) is 2. The molecule has 1 aliphatic heterocycles. The van der Waals surface area contributed by atoms with Crippen molar-refractivity contribution in [3.8, 4) is 11.5 Å². The van der Waals surface area contributed by atoms with E-state index in [1.165, 1.54) is 11.8 Å². The van der Waals surface area contributed by atoms with Gasteiger partial charge in [-0.25, -0.2) is 0 Å². The van der Waals surface area contributed by atoms with E-state index in [1.54, 1.807) is 23.1 Å². The van der Waals surface area contributed by atoms with Gasteiger partial charge >= 0.3 is 0 Å². The average Bonchev–Trinajstić information content (AvgIpc) is 2.98. The van der Waals surface area contributed by atoms with Crippen LogP contribution in [0, 0.1) is 0 Å². The highest BCUT2D eigenvalue weighted by Gasteiger charge is 2.30. The van der Waals surface area contributed by atoms with Crippen molar-refractivity contribution in [2.75, 3.05) is 19.8 Å². The Morgan fingerprint density at radius 3 is 2.21 bits per heavy atom. The van der Waals surface area contributed by atoms with E-state index in [0.717, 1.165) is 23.5 Å². The number of halogens is 1. The molecule has 4 nitrogen and oxygen atoms in total. The quantitative estimate of drug-likeness (QED) is 0.218. The van der Waals surface area contributed by atoms with Gasteiger partial charge in [-0.1, -0.05) is 53.8 Å². The van der Waals surface area contributed by atoms with Crippen LogP contribution in [0.15, 0.2) is 66.1 Å². The molecule has 0 saturated carbocycles. The molecule has 1 fully saturated rings. The molecular formula is C22H20ClNO3S2. The highest BCUT2D eigenvalue weighted by molar-refractivity contribution is 8.26. The maximum Gasteiger partial charge on any atom is 0.266 e. The van der Waals surface area contributed by atoms with Crippen LogP contribution in [0.1, 0.15) is 12.0 Å². The first kappa shape index (κ1) is 21.4. The molecule has 3 rings (SSSR count). The number of rotatable bonds is 9. The summed E-state index contributed by atoms with van der Waals surface area (Å²) in [5.74, 6) is 1.48. The van der Waals surface area contributed by atoms with E-state index in [9.17, 15) is 4.79 Å². The van der Waals surface area contributed by atoms with Crippen LogP contribution < -0.4 is 9.47 Å². The fraction of sp³-hybridized carbons (Fsp3) is 0.182. The molecule has 0 bridgehead atoms. The maximum atomic E-state index is 12.4. The number of amides is 1. The van der Waals surface area contributed by atoms with Crippen molar-refractivity contribution in [2.45, 2.75) is 6.42 Å². The predicted molar refractivity (Wildman–Crippen MR) is 124 cm³/mol. The van der Waals surface area contributed by atoms with E-state index in [2.05, 4.69) is 6.58 Å². The first-order valence-corrected chi connectivity index (χ1v) is 10.6. The lowest BCUT2D eigenvalue weighted by Gasteiger charge is -2.10. The van der Waals surface area contributed by atoms with Crippen molar-refractivity contribution >= 4 is 51.9 Å². The largest absolute Gasteiger partial charge is 0.493 e. The Balaban J connectivity index is 1.45. The Morgan fingerprint density at radius 1 is 1.03 bits per heavy atom. The normalized spacial score (nSPS) is 15.1. The lowest BCUT2D eigenvalue weighted by atomic mass is 10.2. The van der Waals surface area contributed by atoms with E-state index in [-0.39, 0.29) is 5.91 Å². The molecule has 0 N–H and O–H groups in total. The van der Waals surface area contributed by atoms with Crippen LogP contribution in [0.3, 0.4) is 0 Å². The summed E-state index contributed by atoms with van der Waals surface area (Å²) in [4.78, 5) is 14.5. The van der Waals surface area contributed by atoms with Gasteiger partial charge in [-0.05, 0) is 48.0 Å². The standard InChI is InChI=1S/C22H20ClNO3S2/c1-2-12-24-21(25)20(29-22(24)28)15-16-4-8-18(9-5-16)26-13-3-14-27-19-10-6-17(23)7-11-19/h2,4-11,15H,1,3,12-14H2/b20-15-. The highest BCUT2D eigenvalue weighted by atomic mass is 35.5. The first-order chi connectivity index (χ1) is 14.1. The van der Waals surface area contributed by atoms with Crippen molar-refractivity contribution in [3.05, 3.63) is 76.7 Å². The number of hydrogen-bond acceptors (Lipinski definition) is 5. The second kappa shape index (κ2) is 10.5. The van der Waals surface area contributed by atoms with Crippen LogP contribution in [-0.4, -0.2) is 34.9 Å². The van der Waals surface area contributed by atoms with Crippen LogP contribution in [0.4, 0.5) is 0 Å². The lowest BCUT2D eigenvalue weighted by Crippen LogP contribution is -2.27. The van der Waals surface area contributed by atoms with Crippen LogP contribution >= 0.6 is 35.6 Å². The minimum Gasteiger partial charge on any atom is -0.493 e. The summed E-state index contributed by atoms with van der Waals surface area (Å²) in [6.07, 6.45) is 4.27. The molecule has 0 atom stereocenters. The SMILES string of the molecule is C=CCN1C(=O)/C(=C/c2ccc(OCCCOc3ccc(Cl)cc3)cc2)SC1=S. The second-order valence-electron chi connectivity index (χ2n) is 6.15. The summed E-state index contributed by atoms with van der Waals surface area (Å²) in [5.41, 5.74) is 0.919. The molecule has 0 aromatic heterocycles. The summed E-state index contributed by atoms with van der Waals surface area (Å²) in [6, 6.07) is 14.9. The molecule has 0 radical (unpaired) electrons. The molecule has 0 spiro atoms. The zero-order chi connectivity index (χ0) is 20.6. The van der Waals surface area contributed by atoms with Gasteiger partial charge in [0.25, 0.3) is 5.91 Å². The molecular weight excluding hydrogens is 426 g/mol. The fourth-order valence-electron chi connectivity index (χ4n) is 2.57.